The fraction of sp³-hybridized carbons (Fsp3) is 0.471. The number of hydrogen-bond acceptors (Lipinski definition) is 5. The average molecular weight is 297 g/mol. The lowest BCUT2D eigenvalue weighted by atomic mass is 10.00. The van der Waals surface area contributed by atoms with Crippen molar-refractivity contribution in [3.8, 4) is 0 Å². The molecular formula is C17H23N5. The maximum absolute atomic E-state index is 4.39. The Labute approximate surface area is 131 Å². The van der Waals surface area contributed by atoms with Crippen molar-refractivity contribution < 1.29 is 0 Å². The molecule has 0 unspecified atom stereocenters. The zero-order valence-electron chi connectivity index (χ0n) is 12.8. The largest absolute Gasteiger partial charge is 0.366 e. The lowest BCUT2D eigenvalue weighted by molar-refractivity contribution is 0.382. The third-order valence-electron chi connectivity index (χ3n) is 4.08. The third kappa shape index (κ3) is 4.49. The SMILES string of the molecule is c1cncc(CNc2cc(CC[C@H]3CCCCN3)ncn2)c1. The second kappa shape index (κ2) is 7.84. The number of anilines is 1. The van der Waals surface area contributed by atoms with E-state index in [2.05, 4.69) is 37.7 Å². The quantitative estimate of drug-likeness (QED) is 0.858. The van der Waals surface area contributed by atoms with Gasteiger partial charge in [-0.15, -0.1) is 0 Å². The Morgan fingerprint density at radius 3 is 3.09 bits per heavy atom. The molecule has 0 bridgehead atoms. The summed E-state index contributed by atoms with van der Waals surface area (Å²) in [5.74, 6) is 0.880. The first-order valence-electron chi connectivity index (χ1n) is 8.07. The summed E-state index contributed by atoms with van der Waals surface area (Å²) in [7, 11) is 0. The maximum atomic E-state index is 4.39. The van der Waals surface area contributed by atoms with Gasteiger partial charge in [-0.2, -0.15) is 0 Å². The van der Waals surface area contributed by atoms with Crippen molar-refractivity contribution in [2.75, 3.05) is 11.9 Å². The Balaban J connectivity index is 1.51. The molecule has 0 radical (unpaired) electrons. The molecule has 3 rings (SSSR count). The molecule has 1 aliphatic rings. The molecule has 5 heteroatoms. The summed E-state index contributed by atoms with van der Waals surface area (Å²) in [4.78, 5) is 12.8. The van der Waals surface area contributed by atoms with Crippen molar-refractivity contribution in [3.63, 3.8) is 0 Å². The van der Waals surface area contributed by atoms with Gasteiger partial charge < -0.3 is 10.6 Å². The highest BCUT2D eigenvalue weighted by Crippen LogP contribution is 2.14. The zero-order valence-corrected chi connectivity index (χ0v) is 12.8. The van der Waals surface area contributed by atoms with Crippen LogP contribution in [0.2, 0.25) is 0 Å². The summed E-state index contributed by atoms with van der Waals surface area (Å²) in [6.07, 6.45) is 11.4. The van der Waals surface area contributed by atoms with Crippen molar-refractivity contribution in [1.82, 2.24) is 20.3 Å². The van der Waals surface area contributed by atoms with Crippen molar-refractivity contribution >= 4 is 5.82 Å². The molecule has 116 valence electrons. The molecule has 0 aliphatic carbocycles. The number of nitrogens with one attached hydrogen (secondary N) is 2. The van der Waals surface area contributed by atoms with E-state index in [0.717, 1.165) is 43.0 Å². The van der Waals surface area contributed by atoms with E-state index in [1.165, 1.54) is 19.3 Å². The van der Waals surface area contributed by atoms with Gasteiger partial charge in [-0.1, -0.05) is 12.5 Å². The Morgan fingerprint density at radius 2 is 2.27 bits per heavy atom. The predicted molar refractivity (Wildman–Crippen MR) is 87.6 cm³/mol. The van der Waals surface area contributed by atoms with E-state index < -0.39 is 0 Å². The molecule has 0 amide bonds. The molecule has 5 nitrogen and oxygen atoms in total. The van der Waals surface area contributed by atoms with Crippen LogP contribution in [0.25, 0.3) is 0 Å². The Kier molecular flexibility index (Phi) is 5.32. The van der Waals surface area contributed by atoms with Crippen LogP contribution in [0, 0.1) is 0 Å². The minimum absolute atomic E-state index is 0.649. The normalized spacial score (nSPS) is 18.1. The molecule has 0 saturated carbocycles. The first-order chi connectivity index (χ1) is 10.9. The van der Waals surface area contributed by atoms with E-state index in [9.17, 15) is 0 Å². The van der Waals surface area contributed by atoms with E-state index in [0.29, 0.717) is 6.04 Å². The number of piperidine rings is 1. The van der Waals surface area contributed by atoms with Gasteiger partial charge in [0.15, 0.2) is 0 Å². The van der Waals surface area contributed by atoms with E-state index in [4.69, 9.17) is 0 Å². The standard InChI is InChI=1S/C17H23N5/c1-2-9-19-15(5-1)6-7-16-10-17(22-13-21-16)20-12-14-4-3-8-18-11-14/h3-4,8,10-11,13,15,19H,1-2,5-7,9,12H2,(H,20,21,22)/t15-/m1/s1. The van der Waals surface area contributed by atoms with Crippen molar-refractivity contribution in [2.24, 2.45) is 0 Å². The van der Waals surface area contributed by atoms with Gasteiger partial charge in [-0.25, -0.2) is 9.97 Å². The highest BCUT2D eigenvalue weighted by Gasteiger charge is 2.12. The Morgan fingerprint density at radius 1 is 1.27 bits per heavy atom. The van der Waals surface area contributed by atoms with Gasteiger partial charge in [0.05, 0.1) is 0 Å². The van der Waals surface area contributed by atoms with E-state index >= 15 is 0 Å². The Bertz CT molecular complexity index is 566. The number of aromatic nitrogens is 3. The molecule has 1 saturated heterocycles. The summed E-state index contributed by atoms with van der Waals surface area (Å²) in [6.45, 7) is 1.89. The van der Waals surface area contributed by atoms with Crippen LogP contribution in [0.3, 0.4) is 0 Å². The van der Waals surface area contributed by atoms with Gasteiger partial charge in [0.1, 0.15) is 12.1 Å². The van der Waals surface area contributed by atoms with Gasteiger partial charge in [0.2, 0.25) is 0 Å². The first kappa shape index (κ1) is 14.9. The van der Waals surface area contributed by atoms with Crippen molar-refractivity contribution in [1.29, 1.82) is 0 Å². The van der Waals surface area contributed by atoms with Crippen molar-refractivity contribution in [3.05, 3.63) is 48.2 Å². The lowest BCUT2D eigenvalue weighted by Gasteiger charge is -2.23. The number of pyridine rings is 1. The summed E-state index contributed by atoms with van der Waals surface area (Å²) in [6, 6.07) is 6.70. The molecule has 1 aliphatic heterocycles. The third-order valence-corrected chi connectivity index (χ3v) is 4.08. The fourth-order valence-corrected chi connectivity index (χ4v) is 2.82. The highest BCUT2D eigenvalue weighted by molar-refractivity contribution is 5.35. The average Bonchev–Trinajstić information content (AvgIpc) is 2.60. The van der Waals surface area contributed by atoms with E-state index in [-0.39, 0.29) is 0 Å². The number of nitrogens with zero attached hydrogens (tertiary/aromatic N) is 3. The topological polar surface area (TPSA) is 62.7 Å². The molecule has 3 heterocycles. The first-order valence-corrected chi connectivity index (χ1v) is 8.07. The van der Waals surface area contributed by atoms with E-state index in [1.54, 1.807) is 12.5 Å². The van der Waals surface area contributed by atoms with Crippen LogP contribution in [-0.2, 0) is 13.0 Å². The predicted octanol–water partition coefficient (Wildman–Crippen LogP) is 2.56. The van der Waals surface area contributed by atoms with Crippen molar-refractivity contribution in [2.45, 2.75) is 44.7 Å². The van der Waals surface area contributed by atoms with Crippen LogP contribution in [0.1, 0.15) is 36.9 Å². The van der Waals surface area contributed by atoms with Gasteiger partial charge in [-0.3, -0.25) is 4.98 Å². The second-order valence-corrected chi connectivity index (χ2v) is 5.79. The molecule has 1 fully saturated rings. The lowest BCUT2D eigenvalue weighted by Crippen LogP contribution is -2.34. The van der Waals surface area contributed by atoms with E-state index in [1.807, 2.05) is 12.3 Å². The van der Waals surface area contributed by atoms with Crippen LogP contribution in [0.15, 0.2) is 36.9 Å². The number of aryl methyl sites for hydroxylation is 1. The number of hydrogen-bond donors (Lipinski definition) is 2. The minimum atomic E-state index is 0.649. The highest BCUT2D eigenvalue weighted by atomic mass is 15.0. The maximum Gasteiger partial charge on any atom is 0.129 e. The monoisotopic (exact) mass is 297 g/mol. The molecule has 22 heavy (non-hydrogen) atoms. The molecule has 2 aromatic heterocycles. The van der Waals surface area contributed by atoms with Crippen LogP contribution in [0.5, 0.6) is 0 Å². The zero-order chi connectivity index (χ0) is 15.0. The minimum Gasteiger partial charge on any atom is -0.366 e. The van der Waals surface area contributed by atoms with Gasteiger partial charge in [0.25, 0.3) is 0 Å². The molecule has 0 spiro atoms. The molecular weight excluding hydrogens is 274 g/mol. The van der Waals surface area contributed by atoms with Crippen LogP contribution in [0.4, 0.5) is 5.82 Å². The second-order valence-electron chi connectivity index (χ2n) is 5.79. The molecule has 2 aromatic rings. The van der Waals surface area contributed by atoms with Crippen LogP contribution in [-0.4, -0.2) is 27.5 Å². The van der Waals surface area contributed by atoms with Gasteiger partial charge in [0, 0.05) is 36.7 Å². The Hall–Kier alpha value is -2.01. The van der Waals surface area contributed by atoms with Crippen LogP contribution < -0.4 is 10.6 Å². The van der Waals surface area contributed by atoms with Crippen LogP contribution >= 0.6 is 0 Å². The van der Waals surface area contributed by atoms with Gasteiger partial charge in [-0.05, 0) is 43.9 Å². The number of rotatable bonds is 6. The van der Waals surface area contributed by atoms with Gasteiger partial charge >= 0.3 is 0 Å². The summed E-state index contributed by atoms with van der Waals surface area (Å²) in [5, 5.41) is 6.92. The fourth-order valence-electron chi connectivity index (χ4n) is 2.82. The summed E-state index contributed by atoms with van der Waals surface area (Å²) in [5.41, 5.74) is 2.25. The molecule has 0 aromatic carbocycles. The summed E-state index contributed by atoms with van der Waals surface area (Å²) < 4.78 is 0. The molecule has 2 N–H and O–H groups in total. The molecule has 1 atom stereocenters. The summed E-state index contributed by atoms with van der Waals surface area (Å²) >= 11 is 0. The smallest absolute Gasteiger partial charge is 0.129 e.